The van der Waals surface area contributed by atoms with E-state index in [-0.39, 0.29) is 46.8 Å². The summed E-state index contributed by atoms with van der Waals surface area (Å²) in [7, 11) is -3.26. The molecule has 0 bridgehead atoms. The second-order valence-corrected chi connectivity index (χ2v) is 15.6. The van der Waals surface area contributed by atoms with Crippen molar-refractivity contribution in [3.63, 3.8) is 0 Å². The third-order valence-corrected chi connectivity index (χ3v) is 11.5. The highest BCUT2D eigenvalue weighted by molar-refractivity contribution is 7.88. The van der Waals surface area contributed by atoms with Crippen LogP contribution in [0.15, 0.2) is 47.1 Å². The Balaban J connectivity index is 1.13. The van der Waals surface area contributed by atoms with Gasteiger partial charge in [0.25, 0.3) is 5.91 Å². The first-order valence-corrected chi connectivity index (χ1v) is 18.5. The summed E-state index contributed by atoms with van der Waals surface area (Å²) in [6.07, 6.45) is 7.50. The predicted molar refractivity (Wildman–Crippen MR) is 179 cm³/mol. The van der Waals surface area contributed by atoms with Crippen molar-refractivity contribution in [2.75, 3.05) is 50.9 Å². The highest BCUT2D eigenvalue weighted by Gasteiger charge is 2.40. The Morgan fingerprint density at radius 2 is 1.81 bits per heavy atom. The molecule has 2 aromatic carbocycles. The summed E-state index contributed by atoms with van der Waals surface area (Å²) in [5, 5.41) is 3.41. The first kappa shape index (κ1) is 33.9. The number of rotatable bonds is 9. The average molecular weight is 689 g/mol. The molecule has 0 spiro atoms. The zero-order chi connectivity index (χ0) is 33.3. The third-order valence-electron chi connectivity index (χ3n) is 9.91. The molecule has 13 heteroatoms. The van der Waals surface area contributed by atoms with Gasteiger partial charge in [-0.1, -0.05) is 36.7 Å². The number of hydrogen-bond acceptors (Lipinski definition) is 7. The lowest BCUT2D eigenvalue weighted by Crippen LogP contribution is -2.52. The number of carbonyl (C=O) groups excluding carboxylic acids is 2. The maximum absolute atomic E-state index is 15.5. The number of amides is 2. The van der Waals surface area contributed by atoms with Crippen LogP contribution < -0.4 is 5.32 Å². The number of para-hydroxylation sites is 1. The molecule has 3 fully saturated rings. The van der Waals surface area contributed by atoms with Crippen LogP contribution >= 0.6 is 11.6 Å². The van der Waals surface area contributed by atoms with Crippen LogP contribution in [0, 0.1) is 11.7 Å². The van der Waals surface area contributed by atoms with E-state index in [4.69, 9.17) is 20.8 Å². The number of piperazine rings is 1. The summed E-state index contributed by atoms with van der Waals surface area (Å²) in [6.45, 7) is 5.11. The number of carbonyl (C=O) groups is 2. The minimum absolute atomic E-state index is 0.0469. The Labute approximate surface area is 280 Å². The lowest BCUT2D eigenvalue weighted by atomic mass is 9.89. The number of hydrogen-bond donors (Lipinski definition) is 1. The average Bonchev–Trinajstić information content (AvgIpc) is 3.68. The van der Waals surface area contributed by atoms with Crippen LogP contribution in [0.5, 0.6) is 0 Å². The maximum Gasteiger partial charge on any atom is 0.259 e. The lowest BCUT2D eigenvalue weighted by Gasteiger charge is -2.36. The normalized spacial score (nSPS) is 24.6. The zero-order valence-corrected chi connectivity index (χ0v) is 28.4. The SMILES string of the molecule is CC1CCC(OC[C@@H]2C[C@H](N3CCN(S(C)(=O)=O)CC3)CN2C(=O)Cc2cc(Cl)c(NC(=O)c3coc4ccccc34)cc2F)CC1. The Bertz CT molecular complexity index is 1720. The maximum atomic E-state index is 15.5. The van der Waals surface area contributed by atoms with Crippen molar-refractivity contribution in [1.29, 1.82) is 0 Å². The second-order valence-electron chi connectivity index (χ2n) is 13.2. The summed E-state index contributed by atoms with van der Waals surface area (Å²) in [4.78, 5) is 30.8. The standard InChI is InChI=1S/C34H42ClFN4O6S/c1-22-7-9-26(10-8-22)45-20-25-17-24(38-11-13-39(14-12-38)47(2,43)44)19-40(25)33(41)16-23-15-29(35)31(18-30(23)36)37-34(42)28-21-46-32-6-4-3-5-27(28)32/h3-6,15,18,21-22,24-26H,7-14,16-17,19-20H2,1-2H3,(H,37,42)/t22?,24-,25-,26?/m0/s1. The van der Waals surface area contributed by atoms with E-state index in [2.05, 4.69) is 17.1 Å². The highest BCUT2D eigenvalue weighted by atomic mass is 35.5. The summed E-state index contributed by atoms with van der Waals surface area (Å²) in [5.74, 6) is -0.672. The van der Waals surface area contributed by atoms with Crippen molar-refractivity contribution < 1.29 is 31.6 Å². The van der Waals surface area contributed by atoms with E-state index in [1.807, 2.05) is 0 Å². The van der Waals surface area contributed by atoms with Crippen LogP contribution in [0.2, 0.25) is 5.02 Å². The minimum atomic E-state index is -3.26. The molecule has 1 N–H and O–H groups in total. The molecule has 2 amide bonds. The molecule has 3 aliphatic rings. The molecule has 254 valence electrons. The van der Waals surface area contributed by atoms with Gasteiger partial charge in [-0.2, -0.15) is 4.31 Å². The van der Waals surface area contributed by atoms with Gasteiger partial charge in [-0.05, 0) is 61.8 Å². The number of likely N-dealkylation sites (tertiary alicyclic amines) is 1. The van der Waals surface area contributed by atoms with Crippen molar-refractivity contribution in [2.45, 2.75) is 63.6 Å². The Hall–Kier alpha value is -3.03. The van der Waals surface area contributed by atoms with Crippen molar-refractivity contribution >= 4 is 50.1 Å². The van der Waals surface area contributed by atoms with Crippen molar-refractivity contribution in [2.24, 2.45) is 5.92 Å². The molecule has 1 aromatic heterocycles. The smallest absolute Gasteiger partial charge is 0.259 e. The molecular formula is C34H42ClFN4O6S. The third kappa shape index (κ3) is 7.83. The largest absolute Gasteiger partial charge is 0.463 e. The molecule has 1 aliphatic carbocycles. The molecular weight excluding hydrogens is 647 g/mol. The summed E-state index contributed by atoms with van der Waals surface area (Å²) in [5.41, 5.74) is 1.09. The van der Waals surface area contributed by atoms with Crippen LogP contribution in [0.3, 0.4) is 0 Å². The topological polar surface area (TPSA) is 112 Å². The fourth-order valence-electron chi connectivity index (χ4n) is 7.09. The van der Waals surface area contributed by atoms with Gasteiger partial charge in [0.1, 0.15) is 17.7 Å². The van der Waals surface area contributed by atoms with Gasteiger partial charge in [0.2, 0.25) is 15.9 Å². The van der Waals surface area contributed by atoms with Gasteiger partial charge in [-0.15, -0.1) is 0 Å². The van der Waals surface area contributed by atoms with Gasteiger partial charge in [-0.25, -0.2) is 12.8 Å². The van der Waals surface area contributed by atoms with Gasteiger partial charge in [0.05, 0.1) is 47.7 Å². The van der Waals surface area contributed by atoms with Crippen LogP contribution in [-0.2, 0) is 26.0 Å². The van der Waals surface area contributed by atoms with Crippen LogP contribution in [0.25, 0.3) is 11.0 Å². The number of sulfonamides is 1. The number of furan rings is 1. The number of nitrogens with one attached hydrogen (secondary N) is 1. The molecule has 3 aromatic rings. The van der Waals surface area contributed by atoms with Gasteiger partial charge in [0, 0.05) is 44.2 Å². The Kier molecular flexibility index (Phi) is 10.2. The van der Waals surface area contributed by atoms with Gasteiger partial charge in [-0.3, -0.25) is 14.5 Å². The summed E-state index contributed by atoms with van der Waals surface area (Å²) >= 11 is 6.51. The van der Waals surface area contributed by atoms with Crippen molar-refractivity contribution in [3.8, 4) is 0 Å². The molecule has 0 unspecified atom stereocenters. The van der Waals surface area contributed by atoms with E-state index in [0.29, 0.717) is 68.2 Å². The summed E-state index contributed by atoms with van der Waals surface area (Å²) < 4.78 is 52.8. The van der Waals surface area contributed by atoms with Crippen LogP contribution in [0.1, 0.15) is 54.9 Å². The predicted octanol–water partition coefficient (Wildman–Crippen LogP) is 5.16. The van der Waals surface area contributed by atoms with Gasteiger partial charge < -0.3 is 19.4 Å². The van der Waals surface area contributed by atoms with E-state index < -0.39 is 21.7 Å². The number of halogens is 2. The molecule has 1 saturated carbocycles. The zero-order valence-electron chi connectivity index (χ0n) is 26.8. The van der Waals surface area contributed by atoms with E-state index in [0.717, 1.165) is 31.7 Å². The highest BCUT2D eigenvalue weighted by Crippen LogP contribution is 2.31. The van der Waals surface area contributed by atoms with E-state index in [1.165, 1.54) is 22.9 Å². The molecule has 2 atom stereocenters. The fraction of sp³-hybridized carbons (Fsp3) is 0.529. The number of nitrogens with zero attached hydrogens (tertiary/aromatic N) is 3. The number of ether oxygens (including phenoxy) is 1. The second kappa shape index (κ2) is 14.2. The molecule has 47 heavy (non-hydrogen) atoms. The van der Waals surface area contributed by atoms with Gasteiger partial charge in [0.15, 0.2) is 0 Å². The van der Waals surface area contributed by atoms with E-state index in [1.54, 1.807) is 29.2 Å². The number of fused-ring (bicyclic) bond motifs is 1. The quantitative estimate of drug-likeness (QED) is 0.331. The molecule has 0 radical (unpaired) electrons. The monoisotopic (exact) mass is 688 g/mol. The van der Waals surface area contributed by atoms with Crippen molar-refractivity contribution in [3.05, 3.63) is 64.6 Å². The first-order valence-electron chi connectivity index (χ1n) is 16.3. The van der Waals surface area contributed by atoms with Crippen LogP contribution in [0.4, 0.5) is 10.1 Å². The molecule has 3 heterocycles. The Morgan fingerprint density at radius 1 is 1.09 bits per heavy atom. The fourth-order valence-corrected chi connectivity index (χ4v) is 8.15. The molecule has 2 saturated heterocycles. The van der Waals surface area contributed by atoms with Gasteiger partial charge >= 0.3 is 0 Å². The minimum Gasteiger partial charge on any atom is -0.463 e. The van der Waals surface area contributed by atoms with E-state index >= 15 is 4.39 Å². The number of benzene rings is 2. The molecule has 10 nitrogen and oxygen atoms in total. The van der Waals surface area contributed by atoms with Crippen molar-refractivity contribution in [1.82, 2.24) is 14.1 Å². The van der Waals surface area contributed by atoms with Crippen LogP contribution in [-0.4, -0.2) is 98.1 Å². The Morgan fingerprint density at radius 3 is 2.53 bits per heavy atom. The molecule has 2 aliphatic heterocycles. The summed E-state index contributed by atoms with van der Waals surface area (Å²) in [6, 6.07) is 9.51. The number of anilines is 1. The molecule has 6 rings (SSSR count). The van der Waals surface area contributed by atoms with E-state index in [9.17, 15) is 18.0 Å². The lowest BCUT2D eigenvalue weighted by molar-refractivity contribution is -0.133. The first-order chi connectivity index (χ1) is 22.5.